The molecular weight excluding hydrogens is 399 g/mol. The van der Waals surface area contributed by atoms with Crippen LogP contribution in [0.4, 0.5) is 10.1 Å². The Morgan fingerprint density at radius 2 is 1.90 bits per heavy atom. The summed E-state index contributed by atoms with van der Waals surface area (Å²) in [6, 6.07) is 12.4. The maximum absolute atomic E-state index is 13.8. The summed E-state index contributed by atoms with van der Waals surface area (Å²) in [7, 11) is 0. The molecule has 1 heterocycles. The lowest BCUT2D eigenvalue weighted by atomic mass is 9.73. The molecule has 1 N–H and O–H groups in total. The van der Waals surface area contributed by atoms with Gasteiger partial charge in [-0.1, -0.05) is 24.6 Å². The first-order chi connectivity index (χ1) is 14.4. The van der Waals surface area contributed by atoms with Crippen LogP contribution in [0.25, 0.3) is 10.9 Å². The van der Waals surface area contributed by atoms with Gasteiger partial charge in [0.05, 0.1) is 5.52 Å². The number of aromatic nitrogens is 1. The van der Waals surface area contributed by atoms with Gasteiger partial charge in [-0.25, -0.2) is 4.39 Å². The van der Waals surface area contributed by atoms with Gasteiger partial charge in [-0.3, -0.25) is 9.78 Å². The highest BCUT2D eigenvalue weighted by Gasteiger charge is 2.30. The summed E-state index contributed by atoms with van der Waals surface area (Å²) in [6.45, 7) is 3.95. The normalized spacial score (nSPS) is 20.1. The Morgan fingerprint density at radius 1 is 1.13 bits per heavy atom. The fourth-order valence-electron chi connectivity index (χ4n) is 4.57. The van der Waals surface area contributed by atoms with Gasteiger partial charge in [0.1, 0.15) is 5.82 Å². The van der Waals surface area contributed by atoms with Crippen LogP contribution in [0.3, 0.4) is 0 Å². The van der Waals surface area contributed by atoms with Crippen molar-refractivity contribution in [2.24, 2.45) is 11.8 Å². The topological polar surface area (TPSA) is 42.0 Å². The third-order valence-corrected chi connectivity index (χ3v) is 6.92. The number of fused-ring (bicyclic) bond motifs is 1. The number of nitrogens with one attached hydrogen (secondary N) is 1. The van der Waals surface area contributed by atoms with Gasteiger partial charge in [-0.2, -0.15) is 0 Å². The van der Waals surface area contributed by atoms with Crippen molar-refractivity contribution in [2.45, 2.75) is 45.4 Å². The SMILES string of the molecule is Cc1ccc(NC(=O)C(C)C2CCC(c3ccnc4ccc(F)cc34)CC2)cc1Cl. The molecule has 1 unspecified atom stereocenters. The van der Waals surface area contributed by atoms with Gasteiger partial charge in [-0.05, 0) is 92.0 Å². The fourth-order valence-corrected chi connectivity index (χ4v) is 4.75. The van der Waals surface area contributed by atoms with Gasteiger partial charge in [0.15, 0.2) is 0 Å². The lowest BCUT2D eigenvalue weighted by molar-refractivity contribution is -0.121. The number of hydrogen-bond acceptors (Lipinski definition) is 2. The lowest BCUT2D eigenvalue weighted by Crippen LogP contribution is -2.29. The second-order valence-corrected chi connectivity index (χ2v) is 8.82. The zero-order valence-electron chi connectivity index (χ0n) is 17.3. The number of amides is 1. The number of halogens is 2. The van der Waals surface area contributed by atoms with Crippen LogP contribution >= 0.6 is 11.6 Å². The standard InChI is InChI=1S/C25H26ClFN2O/c1-15-3-9-20(14-23(15)26)29-25(30)16(2)17-4-6-18(7-5-17)21-11-12-28-24-10-8-19(27)13-22(21)24/h3,8-14,16-18H,4-7H2,1-2H3,(H,29,30). The number of hydrogen-bond donors (Lipinski definition) is 1. The molecule has 1 aliphatic carbocycles. The van der Waals surface area contributed by atoms with Crippen molar-refractivity contribution in [3.8, 4) is 0 Å². The summed E-state index contributed by atoms with van der Waals surface area (Å²) in [5, 5.41) is 4.57. The molecule has 3 nitrogen and oxygen atoms in total. The van der Waals surface area contributed by atoms with Crippen LogP contribution < -0.4 is 5.32 Å². The zero-order chi connectivity index (χ0) is 21.3. The molecular formula is C25H26ClFN2O. The molecule has 1 fully saturated rings. The summed E-state index contributed by atoms with van der Waals surface area (Å²) in [5.74, 6) is 0.450. The Hall–Kier alpha value is -2.46. The van der Waals surface area contributed by atoms with E-state index in [4.69, 9.17) is 11.6 Å². The maximum atomic E-state index is 13.8. The lowest BCUT2D eigenvalue weighted by Gasteiger charge is -2.32. The minimum Gasteiger partial charge on any atom is -0.326 e. The van der Waals surface area contributed by atoms with Gasteiger partial charge < -0.3 is 5.32 Å². The monoisotopic (exact) mass is 424 g/mol. The van der Waals surface area contributed by atoms with Crippen LogP contribution in [-0.4, -0.2) is 10.9 Å². The van der Waals surface area contributed by atoms with E-state index in [-0.39, 0.29) is 17.6 Å². The molecule has 1 aromatic heterocycles. The summed E-state index contributed by atoms with van der Waals surface area (Å²) in [5.41, 5.74) is 3.73. The second kappa shape index (κ2) is 8.73. The molecule has 156 valence electrons. The molecule has 1 amide bonds. The molecule has 0 spiro atoms. The molecule has 30 heavy (non-hydrogen) atoms. The number of anilines is 1. The highest BCUT2D eigenvalue weighted by Crippen LogP contribution is 2.41. The highest BCUT2D eigenvalue weighted by molar-refractivity contribution is 6.31. The average Bonchev–Trinajstić information content (AvgIpc) is 2.75. The van der Waals surface area contributed by atoms with Gasteiger partial charge in [0.25, 0.3) is 0 Å². The van der Waals surface area contributed by atoms with E-state index in [9.17, 15) is 9.18 Å². The first-order valence-electron chi connectivity index (χ1n) is 10.5. The average molecular weight is 425 g/mol. The molecule has 0 aliphatic heterocycles. The molecule has 0 bridgehead atoms. The maximum Gasteiger partial charge on any atom is 0.227 e. The van der Waals surface area contributed by atoms with Crippen molar-refractivity contribution in [2.75, 3.05) is 5.32 Å². The van der Waals surface area contributed by atoms with E-state index >= 15 is 0 Å². The van der Waals surface area contributed by atoms with Crippen molar-refractivity contribution >= 4 is 34.1 Å². The van der Waals surface area contributed by atoms with Gasteiger partial charge in [0, 0.05) is 28.2 Å². The minimum atomic E-state index is -0.230. The Morgan fingerprint density at radius 3 is 2.63 bits per heavy atom. The third-order valence-electron chi connectivity index (χ3n) is 6.51. The highest BCUT2D eigenvalue weighted by atomic mass is 35.5. The quantitative estimate of drug-likeness (QED) is 0.495. The van der Waals surface area contributed by atoms with Crippen molar-refractivity contribution in [3.05, 3.63) is 70.6 Å². The Kier molecular flexibility index (Phi) is 6.05. The summed E-state index contributed by atoms with van der Waals surface area (Å²) >= 11 is 6.17. The van der Waals surface area contributed by atoms with Gasteiger partial charge in [0.2, 0.25) is 5.91 Å². The number of nitrogens with zero attached hydrogens (tertiary/aromatic N) is 1. The van der Waals surface area contributed by atoms with E-state index in [0.29, 0.717) is 16.9 Å². The van der Waals surface area contributed by atoms with Crippen molar-refractivity contribution < 1.29 is 9.18 Å². The van der Waals surface area contributed by atoms with Crippen LogP contribution in [0, 0.1) is 24.6 Å². The molecule has 0 radical (unpaired) electrons. The van der Waals surface area contributed by atoms with E-state index in [0.717, 1.165) is 47.8 Å². The van der Waals surface area contributed by atoms with Crippen LogP contribution in [0.15, 0.2) is 48.7 Å². The summed E-state index contributed by atoms with van der Waals surface area (Å²) in [4.78, 5) is 17.1. The smallest absolute Gasteiger partial charge is 0.227 e. The fraction of sp³-hybridized carbons (Fsp3) is 0.360. The van der Waals surface area contributed by atoms with E-state index in [2.05, 4.69) is 10.3 Å². The Bertz CT molecular complexity index is 1080. The second-order valence-electron chi connectivity index (χ2n) is 8.42. The number of aryl methyl sites for hydroxylation is 1. The number of pyridine rings is 1. The third kappa shape index (κ3) is 4.34. The first-order valence-corrected chi connectivity index (χ1v) is 10.9. The summed E-state index contributed by atoms with van der Waals surface area (Å²) in [6.07, 6.45) is 5.76. The first kappa shape index (κ1) is 20.8. The molecule has 0 saturated heterocycles. The molecule has 1 atom stereocenters. The Balaban J connectivity index is 1.41. The molecule has 2 aromatic carbocycles. The zero-order valence-corrected chi connectivity index (χ0v) is 18.0. The van der Waals surface area contributed by atoms with Crippen LogP contribution in [0.1, 0.15) is 49.7 Å². The number of carbonyl (C=O) groups is 1. The van der Waals surface area contributed by atoms with Crippen molar-refractivity contribution in [1.29, 1.82) is 0 Å². The van der Waals surface area contributed by atoms with E-state index in [1.807, 2.05) is 38.2 Å². The van der Waals surface area contributed by atoms with Crippen molar-refractivity contribution in [3.63, 3.8) is 0 Å². The predicted octanol–water partition coefficient (Wildman–Crippen LogP) is 6.88. The Labute approximate surface area is 181 Å². The number of benzene rings is 2. The number of carbonyl (C=O) groups excluding carboxylic acids is 1. The molecule has 1 aliphatic rings. The van der Waals surface area contributed by atoms with E-state index in [1.165, 1.54) is 11.6 Å². The van der Waals surface area contributed by atoms with Gasteiger partial charge >= 0.3 is 0 Å². The van der Waals surface area contributed by atoms with Crippen LogP contribution in [0.5, 0.6) is 0 Å². The predicted molar refractivity (Wildman–Crippen MR) is 120 cm³/mol. The summed E-state index contributed by atoms with van der Waals surface area (Å²) < 4.78 is 13.8. The molecule has 3 aromatic rings. The van der Waals surface area contributed by atoms with Gasteiger partial charge in [-0.15, -0.1) is 0 Å². The minimum absolute atomic E-state index is 0.0369. The largest absolute Gasteiger partial charge is 0.326 e. The molecule has 4 rings (SSSR count). The van der Waals surface area contributed by atoms with Crippen molar-refractivity contribution in [1.82, 2.24) is 4.98 Å². The number of rotatable bonds is 4. The van der Waals surface area contributed by atoms with Crippen LogP contribution in [-0.2, 0) is 4.79 Å². The van der Waals surface area contributed by atoms with E-state index in [1.54, 1.807) is 18.2 Å². The molecule has 5 heteroatoms. The van der Waals surface area contributed by atoms with Crippen LogP contribution in [0.2, 0.25) is 5.02 Å². The molecule has 1 saturated carbocycles. The van der Waals surface area contributed by atoms with E-state index < -0.39 is 0 Å².